The van der Waals surface area contributed by atoms with Gasteiger partial charge >= 0.3 is 0 Å². The van der Waals surface area contributed by atoms with Gasteiger partial charge in [-0.3, -0.25) is 0 Å². The van der Waals surface area contributed by atoms with Crippen molar-refractivity contribution in [3.8, 4) is 24.0 Å². The number of aryl methyl sites for hydroxylation is 1. The second-order valence-corrected chi connectivity index (χ2v) is 6.01. The maximum absolute atomic E-state index is 11.1. The normalized spacial score (nSPS) is 9.67. The van der Waals surface area contributed by atoms with Crippen LogP contribution >= 0.6 is 0 Å². The first-order valence-corrected chi connectivity index (χ1v) is 7.74. The smallest absolute Gasteiger partial charge is 0.210 e. The highest BCUT2D eigenvalue weighted by Gasteiger charge is 2.08. The average molecular weight is 296 g/mol. The summed E-state index contributed by atoms with van der Waals surface area (Å²) in [7, 11) is -3.49. The monoisotopic (exact) mass is 296 g/mol. The Kier molecular flexibility index (Phi) is 6.27. The summed E-state index contributed by atoms with van der Waals surface area (Å²) >= 11 is 0. The highest BCUT2D eigenvalue weighted by molar-refractivity contribution is 7.96. The third-order valence-corrected chi connectivity index (χ3v) is 3.84. The molecular weight excluding hydrogens is 280 g/mol. The van der Waals surface area contributed by atoms with Crippen LogP contribution in [0.2, 0.25) is 0 Å². The second-order valence-electron chi connectivity index (χ2n) is 4.30. The van der Waals surface area contributed by atoms with Crippen LogP contribution < -0.4 is 0 Å². The van der Waals surface area contributed by atoms with Crippen molar-refractivity contribution in [1.82, 2.24) is 0 Å². The van der Waals surface area contributed by atoms with E-state index in [1.54, 1.807) is 17.4 Å². The Morgan fingerprint density at radius 3 is 2.00 bits per heavy atom. The van der Waals surface area contributed by atoms with Crippen molar-refractivity contribution >= 4 is 9.84 Å². The van der Waals surface area contributed by atoms with E-state index in [1.807, 2.05) is 37.3 Å². The highest BCUT2D eigenvalue weighted by Crippen LogP contribution is 2.10. The largest absolute Gasteiger partial charge is 0.244 e. The lowest BCUT2D eigenvalue weighted by Gasteiger charge is -1.96. The van der Waals surface area contributed by atoms with E-state index in [4.69, 9.17) is 12.8 Å². The minimum Gasteiger partial charge on any atom is -0.210 e. The first kappa shape index (κ1) is 16.6. The van der Waals surface area contributed by atoms with Crippen LogP contribution in [-0.4, -0.2) is 8.42 Å². The van der Waals surface area contributed by atoms with Gasteiger partial charge in [0.25, 0.3) is 0 Å². The molecule has 0 saturated heterocycles. The van der Waals surface area contributed by atoms with Crippen LogP contribution in [-0.2, 0) is 16.3 Å². The van der Waals surface area contributed by atoms with E-state index in [0.717, 1.165) is 12.0 Å². The molecule has 21 heavy (non-hydrogen) atoms. The summed E-state index contributed by atoms with van der Waals surface area (Å²) in [6.07, 6.45) is 10.7. The van der Waals surface area contributed by atoms with E-state index in [2.05, 4.69) is 5.92 Å². The van der Waals surface area contributed by atoms with Gasteiger partial charge in [-0.05, 0) is 24.6 Å². The van der Waals surface area contributed by atoms with Crippen LogP contribution in [0, 0.1) is 30.9 Å². The topological polar surface area (TPSA) is 34.1 Å². The molecule has 3 heteroatoms. The van der Waals surface area contributed by atoms with Gasteiger partial charge in [-0.15, -0.1) is 18.8 Å². The number of sulfone groups is 1. The number of rotatable bonds is 2. The Morgan fingerprint density at radius 1 is 0.952 bits per heavy atom. The molecule has 2 nitrogen and oxygen atoms in total. The molecule has 0 N–H and O–H groups in total. The zero-order valence-corrected chi connectivity index (χ0v) is 12.6. The Labute approximate surface area is 126 Å². The molecule has 0 aromatic heterocycles. The Morgan fingerprint density at radius 2 is 1.52 bits per heavy atom. The molecule has 2 aromatic carbocycles. The Balaban J connectivity index is 0.000000219. The maximum Gasteiger partial charge on any atom is 0.244 e. The number of hydrogen-bond donors (Lipinski definition) is 0. The molecule has 0 aliphatic rings. The van der Waals surface area contributed by atoms with Gasteiger partial charge < -0.3 is 0 Å². The van der Waals surface area contributed by atoms with Crippen molar-refractivity contribution in [2.45, 2.75) is 18.2 Å². The standard InChI is InChI=1S/C9H8O2S.C9H8/c1-3-12(10,11)9-6-4-8(2)5-7-9;1-2-6-9-7-4-3-5-8-9/h1,4-7H,2H3;1,3-5,7-8H,6H2. The first-order chi connectivity index (χ1) is 9.99. The van der Waals surface area contributed by atoms with E-state index in [0.29, 0.717) is 0 Å². The Bertz CT molecular complexity index is 744. The van der Waals surface area contributed by atoms with Crippen LogP contribution in [0.1, 0.15) is 11.1 Å². The Hall–Kier alpha value is -2.49. The number of terminal acetylenes is 2. The van der Waals surface area contributed by atoms with Gasteiger partial charge in [-0.25, -0.2) is 8.42 Å². The lowest BCUT2D eigenvalue weighted by molar-refractivity contribution is 0.606. The zero-order valence-electron chi connectivity index (χ0n) is 11.8. The fourth-order valence-electron chi connectivity index (χ4n) is 1.50. The molecule has 0 heterocycles. The lowest BCUT2D eigenvalue weighted by atomic mass is 10.2. The van der Waals surface area contributed by atoms with E-state index < -0.39 is 9.84 Å². The summed E-state index contributed by atoms with van der Waals surface area (Å²) in [4.78, 5) is 0.176. The molecule has 2 aromatic rings. The molecule has 0 atom stereocenters. The fraction of sp³-hybridized carbons (Fsp3) is 0.111. The molecule has 0 unspecified atom stereocenters. The van der Waals surface area contributed by atoms with Crippen LogP contribution in [0.5, 0.6) is 0 Å². The van der Waals surface area contributed by atoms with Crippen molar-refractivity contribution < 1.29 is 8.42 Å². The quantitative estimate of drug-likeness (QED) is 0.630. The molecule has 0 bridgehead atoms. The van der Waals surface area contributed by atoms with Crippen LogP contribution in [0.15, 0.2) is 59.5 Å². The SMILES string of the molecule is C#CCc1ccccc1.C#CS(=O)(=O)c1ccc(C)cc1. The lowest BCUT2D eigenvalue weighted by Crippen LogP contribution is -1.95. The summed E-state index contributed by atoms with van der Waals surface area (Å²) < 4.78 is 22.2. The van der Waals surface area contributed by atoms with E-state index in [9.17, 15) is 8.42 Å². The van der Waals surface area contributed by atoms with E-state index in [-0.39, 0.29) is 4.90 Å². The molecule has 0 spiro atoms. The van der Waals surface area contributed by atoms with Crippen LogP contribution in [0.4, 0.5) is 0 Å². The summed E-state index contributed by atoms with van der Waals surface area (Å²) in [6, 6.07) is 16.5. The minimum atomic E-state index is -3.49. The van der Waals surface area contributed by atoms with Gasteiger partial charge in [-0.2, -0.15) is 0 Å². The summed E-state index contributed by atoms with van der Waals surface area (Å²) in [5.41, 5.74) is 2.21. The molecule has 0 amide bonds. The number of hydrogen-bond acceptors (Lipinski definition) is 2. The van der Waals surface area contributed by atoms with Crippen molar-refractivity contribution in [2.24, 2.45) is 0 Å². The van der Waals surface area contributed by atoms with Gasteiger partial charge in [0, 0.05) is 11.7 Å². The third kappa shape index (κ3) is 5.57. The first-order valence-electron chi connectivity index (χ1n) is 6.26. The predicted octanol–water partition coefficient (Wildman–Crippen LogP) is 3.22. The van der Waals surface area contributed by atoms with Gasteiger partial charge in [0.15, 0.2) is 0 Å². The minimum absolute atomic E-state index is 0.176. The predicted molar refractivity (Wildman–Crippen MR) is 86.2 cm³/mol. The molecule has 0 saturated carbocycles. The number of benzene rings is 2. The maximum atomic E-state index is 11.1. The summed E-state index contributed by atoms with van der Waals surface area (Å²) in [5, 5.41) is 1.75. The molecule has 2 rings (SSSR count). The average Bonchev–Trinajstić information content (AvgIpc) is 2.50. The third-order valence-electron chi connectivity index (χ3n) is 2.64. The van der Waals surface area contributed by atoms with Crippen molar-refractivity contribution in [2.75, 3.05) is 0 Å². The highest BCUT2D eigenvalue weighted by atomic mass is 32.2. The second kappa shape index (κ2) is 7.94. The van der Waals surface area contributed by atoms with Gasteiger partial charge in [-0.1, -0.05) is 48.0 Å². The molecular formula is C18H16O2S. The van der Waals surface area contributed by atoms with Crippen molar-refractivity contribution in [3.63, 3.8) is 0 Å². The summed E-state index contributed by atoms with van der Waals surface area (Å²) in [5.74, 6) is 2.58. The fourth-order valence-corrected chi connectivity index (χ4v) is 2.13. The van der Waals surface area contributed by atoms with Crippen molar-refractivity contribution in [3.05, 3.63) is 65.7 Å². The van der Waals surface area contributed by atoms with Gasteiger partial charge in [0.05, 0.1) is 4.90 Å². The van der Waals surface area contributed by atoms with Gasteiger partial charge in [0.2, 0.25) is 9.84 Å². The van der Waals surface area contributed by atoms with E-state index >= 15 is 0 Å². The molecule has 106 valence electrons. The molecule has 0 aliphatic carbocycles. The molecule has 0 fully saturated rings. The van der Waals surface area contributed by atoms with Crippen LogP contribution in [0.25, 0.3) is 0 Å². The molecule has 0 radical (unpaired) electrons. The van der Waals surface area contributed by atoms with Crippen LogP contribution in [0.3, 0.4) is 0 Å². The van der Waals surface area contributed by atoms with Gasteiger partial charge in [0.1, 0.15) is 0 Å². The van der Waals surface area contributed by atoms with Crippen molar-refractivity contribution in [1.29, 1.82) is 0 Å². The van der Waals surface area contributed by atoms with E-state index in [1.165, 1.54) is 17.7 Å². The molecule has 0 aliphatic heterocycles. The zero-order chi connectivity index (χ0) is 15.7. The summed E-state index contributed by atoms with van der Waals surface area (Å²) in [6.45, 7) is 1.88.